The molecule has 0 saturated heterocycles. The Hall–Kier alpha value is -2.00. The van der Waals surface area contributed by atoms with Gasteiger partial charge >= 0.3 is 0 Å². The molecule has 2 saturated carbocycles. The van der Waals surface area contributed by atoms with Crippen molar-refractivity contribution in [2.75, 3.05) is 7.11 Å². The molecule has 4 heteroatoms. The standard InChI is InChI=1S/C21H22ClNO2/c1-25-18-7-5-15(6-8-18)13-23(14-16-3-2-4-17(22)11-16)20(24)19-12-21(19)9-10-21/h2-8,11,19H,9-10,12-14H2,1H3/t19-/m1/s1. The summed E-state index contributed by atoms with van der Waals surface area (Å²) in [6.45, 7) is 1.21. The molecule has 0 heterocycles. The molecule has 4 rings (SSSR count). The number of methoxy groups -OCH3 is 1. The van der Waals surface area contributed by atoms with Gasteiger partial charge in [-0.1, -0.05) is 35.9 Å². The molecule has 130 valence electrons. The molecule has 2 aliphatic rings. The van der Waals surface area contributed by atoms with Crippen LogP contribution in [0.15, 0.2) is 48.5 Å². The number of benzene rings is 2. The first-order chi connectivity index (χ1) is 12.1. The van der Waals surface area contributed by atoms with Crippen molar-refractivity contribution >= 4 is 17.5 Å². The predicted octanol–water partition coefficient (Wildman–Crippen LogP) is 4.68. The van der Waals surface area contributed by atoms with Crippen molar-refractivity contribution in [3.05, 3.63) is 64.7 Å². The highest BCUT2D eigenvalue weighted by Gasteiger charge is 2.66. The van der Waals surface area contributed by atoms with Gasteiger partial charge in [0.2, 0.25) is 5.91 Å². The fourth-order valence-corrected chi connectivity index (χ4v) is 3.86. The molecule has 1 atom stereocenters. The fraction of sp³-hybridized carbons (Fsp3) is 0.381. The van der Waals surface area contributed by atoms with Crippen LogP contribution in [0, 0.1) is 11.3 Å². The second-order valence-electron chi connectivity index (χ2n) is 7.29. The minimum atomic E-state index is 0.227. The van der Waals surface area contributed by atoms with Gasteiger partial charge < -0.3 is 9.64 Å². The first-order valence-corrected chi connectivity index (χ1v) is 9.14. The third kappa shape index (κ3) is 3.52. The Kier molecular flexibility index (Phi) is 4.20. The van der Waals surface area contributed by atoms with Gasteiger partial charge in [0.1, 0.15) is 5.75 Å². The maximum Gasteiger partial charge on any atom is 0.226 e. The molecule has 2 aliphatic carbocycles. The highest BCUT2D eigenvalue weighted by atomic mass is 35.5. The summed E-state index contributed by atoms with van der Waals surface area (Å²) in [5, 5.41) is 0.708. The largest absolute Gasteiger partial charge is 0.497 e. The van der Waals surface area contributed by atoms with Crippen LogP contribution in [0.4, 0.5) is 0 Å². The van der Waals surface area contributed by atoms with E-state index in [-0.39, 0.29) is 11.8 Å². The van der Waals surface area contributed by atoms with E-state index in [4.69, 9.17) is 16.3 Å². The third-order valence-corrected chi connectivity index (χ3v) is 5.72. The summed E-state index contributed by atoms with van der Waals surface area (Å²) in [5.41, 5.74) is 2.55. The van der Waals surface area contributed by atoms with Crippen LogP contribution in [0.1, 0.15) is 30.4 Å². The van der Waals surface area contributed by atoms with Crippen LogP contribution < -0.4 is 4.74 Å². The number of ether oxygens (including phenoxy) is 1. The number of hydrogen-bond donors (Lipinski definition) is 0. The van der Waals surface area contributed by atoms with Gasteiger partial charge in [-0.3, -0.25) is 4.79 Å². The Balaban J connectivity index is 1.52. The van der Waals surface area contributed by atoms with E-state index in [1.165, 1.54) is 12.8 Å². The minimum absolute atomic E-state index is 0.227. The van der Waals surface area contributed by atoms with Crippen molar-refractivity contribution in [2.24, 2.45) is 11.3 Å². The Morgan fingerprint density at radius 1 is 1.16 bits per heavy atom. The number of carbonyl (C=O) groups excluding carboxylic acids is 1. The van der Waals surface area contributed by atoms with E-state index in [9.17, 15) is 4.79 Å². The molecule has 0 N–H and O–H groups in total. The lowest BCUT2D eigenvalue weighted by molar-refractivity contribution is -0.134. The molecular formula is C21H22ClNO2. The van der Waals surface area contributed by atoms with Crippen LogP contribution in [0.2, 0.25) is 5.02 Å². The first kappa shape index (κ1) is 16.5. The number of hydrogen-bond acceptors (Lipinski definition) is 2. The number of carbonyl (C=O) groups is 1. The lowest BCUT2D eigenvalue weighted by Crippen LogP contribution is -2.32. The SMILES string of the molecule is COc1ccc(CN(Cc2cccc(Cl)c2)C(=O)[C@H]2CC23CC3)cc1. The van der Waals surface area contributed by atoms with Gasteiger partial charge in [-0.25, -0.2) is 0 Å². The van der Waals surface area contributed by atoms with Crippen molar-refractivity contribution in [3.63, 3.8) is 0 Å². The van der Waals surface area contributed by atoms with Gasteiger partial charge in [-0.2, -0.15) is 0 Å². The smallest absolute Gasteiger partial charge is 0.226 e. The van der Waals surface area contributed by atoms with Crippen molar-refractivity contribution in [1.82, 2.24) is 4.90 Å². The summed E-state index contributed by atoms with van der Waals surface area (Å²) in [6.07, 6.45) is 3.51. The average Bonchev–Trinajstić information content (AvgIpc) is 3.54. The Morgan fingerprint density at radius 2 is 1.88 bits per heavy atom. The topological polar surface area (TPSA) is 29.5 Å². The van der Waals surface area contributed by atoms with Gasteiger partial charge in [-0.15, -0.1) is 0 Å². The van der Waals surface area contributed by atoms with Crippen LogP contribution in [0.25, 0.3) is 0 Å². The lowest BCUT2D eigenvalue weighted by atomic mass is 10.1. The van der Waals surface area contributed by atoms with Crippen LogP contribution in [-0.2, 0) is 17.9 Å². The van der Waals surface area contributed by atoms with Gasteiger partial charge in [0, 0.05) is 24.0 Å². The molecule has 3 nitrogen and oxygen atoms in total. The Morgan fingerprint density at radius 3 is 2.48 bits per heavy atom. The third-order valence-electron chi connectivity index (χ3n) is 5.49. The molecule has 0 aromatic heterocycles. The summed E-state index contributed by atoms with van der Waals surface area (Å²) in [4.78, 5) is 15.0. The second kappa shape index (κ2) is 6.38. The number of halogens is 1. The highest BCUT2D eigenvalue weighted by molar-refractivity contribution is 6.30. The Labute approximate surface area is 153 Å². The van der Waals surface area contributed by atoms with E-state index >= 15 is 0 Å². The van der Waals surface area contributed by atoms with Crippen LogP contribution in [0.3, 0.4) is 0 Å². The van der Waals surface area contributed by atoms with E-state index < -0.39 is 0 Å². The zero-order valence-corrected chi connectivity index (χ0v) is 15.1. The van der Waals surface area contributed by atoms with E-state index in [1.54, 1.807) is 7.11 Å². The zero-order chi connectivity index (χ0) is 17.4. The fourth-order valence-electron chi connectivity index (χ4n) is 3.65. The molecule has 2 aromatic rings. The average molecular weight is 356 g/mol. The molecule has 0 bridgehead atoms. The quantitative estimate of drug-likeness (QED) is 0.753. The van der Waals surface area contributed by atoms with E-state index in [1.807, 2.05) is 53.4 Å². The maximum absolute atomic E-state index is 13.0. The van der Waals surface area contributed by atoms with E-state index in [0.29, 0.717) is 23.5 Å². The van der Waals surface area contributed by atoms with Gasteiger partial charge in [0.15, 0.2) is 0 Å². The summed E-state index contributed by atoms with van der Waals surface area (Å²) >= 11 is 6.11. The Bertz CT molecular complexity index is 783. The van der Waals surface area contributed by atoms with Gasteiger partial charge in [0.25, 0.3) is 0 Å². The van der Waals surface area contributed by atoms with Crippen molar-refractivity contribution in [2.45, 2.75) is 32.4 Å². The molecule has 1 amide bonds. The zero-order valence-electron chi connectivity index (χ0n) is 14.4. The van der Waals surface area contributed by atoms with Crippen LogP contribution in [-0.4, -0.2) is 17.9 Å². The van der Waals surface area contributed by atoms with Crippen LogP contribution >= 0.6 is 11.6 Å². The van der Waals surface area contributed by atoms with Gasteiger partial charge in [0.05, 0.1) is 7.11 Å². The normalized spacial score (nSPS) is 19.5. The highest BCUT2D eigenvalue weighted by Crippen LogP contribution is 2.71. The lowest BCUT2D eigenvalue weighted by Gasteiger charge is -2.24. The molecule has 1 spiro atoms. The number of rotatable bonds is 6. The summed E-state index contributed by atoms with van der Waals surface area (Å²) < 4.78 is 5.22. The van der Waals surface area contributed by atoms with Crippen molar-refractivity contribution in [3.8, 4) is 5.75 Å². The summed E-state index contributed by atoms with van der Waals surface area (Å²) in [7, 11) is 1.66. The first-order valence-electron chi connectivity index (χ1n) is 8.76. The van der Waals surface area contributed by atoms with E-state index in [0.717, 1.165) is 23.3 Å². The van der Waals surface area contributed by atoms with Crippen LogP contribution in [0.5, 0.6) is 5.75 Å². The maximum atomic E-state index is 13.0. The number of amides is 1. The second-order valence-corrected chi connectivity index (χ2v) is 7.73. The molecule has 0 aliphatic heterocycles. The van der Waals surface area contributed by atoms with Crippen molar-refractivity contribution in [1.29, 1.82) is 0 Å². The summed E-state index contributed by atoms with van der Waals surface area (Å²) in [6, 6.07) is 15.7. The van der Waals surface area contributed by atoms with Gasteiger partial charge in [-0.05, 0) is 60.1 Å². The number of nitrogens with zero attached hydrogens (tertiary/aromatic N) is 1. The van der Waals surface area contributed by atoms with Crippen molar-refractivity contribution < 1.29 is 9.53 Å². The molecule has 2 aromatic carbocycles. The predicted molar refractivity (Wildman–Crippen MR) is 98.5 cm³/mol. The molecule has 25 heavy (non-hydrogen) atoms. The molecule has 0 unspecified atom stereocenters. The molecule has 2 fully saturated rings. The summed E-state index contributed by atoms with van der Waals surface area (Å²) in [5.74, 6) is 1.34. The minimum Gasteiger partial charge on any atom is -0.497 e. The molecular weight excluding hydrogens is 334 g/mol. The molecule has 0 radical (unpaired) electrons. The monoisotopic (exact) mass is 355 g/mol. The van der Waals surface area contributed by atoms with E-state index in [2.05, 4.69) is 0 Å².